The highest BCUT2D eigenvalue weighted by atomic mass is 16.1. The van der Waals surface area contributed by atoms with Crippen molar-refractivity contribution in [1.29, 1.82) is 0 Å². The molecule has 3 heterocycles. The largest absolute Gasteiger partial charge is 0.384 e. The monoisotopic (exact) mass is 443 g/mol. The lowest BCUT2D eigenvalue weighted by atomic mass is 10.1. The van der Waals surface area contributed by atoms with Crippen molar-refractivity contribution in [2.45, 2.75) is 40.7 Å². The number of hydrogen-bond acceptors (Lipinski definition) is 6. The van der Waals surface area contributed by atoms with Crippen LogP contribution in [0.4, 0.5) is 5.82 Å². The zero-order valence-corrected chi connectivity index (χ0v) is 20.1. The van der Waals surface area contributed by atoms with Gasteiger partial charge in [0, 0.05) is 41.6 Å². The summed E-state index contributed by atoms with van der Waals surface area (Å²) in [5, 5.41) is 4.29. The molecule has 0 atom stereocenters. The third-order valence-electron chi connectivity index (χ3n) is 5.18. The maximum absolute atomic E-state index is 8.00. The average molecular weight is 444 g/mol. The zero-order valence-electron chi connectivity index (χ0n) is 20.1. The third kappa shape index (κ3) is 7.47. The number of hydrogen-bond donors (Lipinski definition) is 2. The Balaban J connectivity index is 0.000000238. The van der Waals surface area contributed by atoms with Crippen molar-refractivity contribution >= 4 is 23.5 Å². The molecule has 0 amide bonds. The van der Waals surface area contributed by atoms with E-state index in [0.29, 0.717) is 5.82 Å². The SMILES string of the molecule is C=O.CNCc1c(C)cc(N)nc1C.Cc1ccnc(Cc2ccc3ccc(C)nc3c2)c1. The number of carbonyl (C=O) groups is 1. The molecular formula is C27H33N5O. The van der Waals surface area contributed by atoms with Crippen LogP contribution in [0.1, 0.15) is 39.3 Å². The number of nitrogen functional groups attached to an aromatic ring is 1. The lowest BCUT2D eigenvalue weighted by molar-refractivity contribution is -0.0979. The minimum absolute atomic E-state index is 0.602. The second-order valence-corrected chi connectivity index (χ2v) is 7.94. The van der Waals surface area contributed by atoms with Crippen LogP contribution in [-0.2, 0) is 17.8 Å². The van der Waals surface area contributed by atoms with Crippen LogP contribution in [0.2, 0.25) is 0 Å². The predicted molar refractivity (Wildman–Crippen MR) is 136 cm³/mol. The van der Waals surface area contributed by atoms with Crippen molar-refractivity contribution in [3.63, 3.8) is 0 Å². The Hall–Kier alpha value is -3.64. The van der Waals surface area contributed by atoms with Crippen molar-refractivity contribution in [3.05, 3.63) is 94.1 Å². The highest BCUT2D eigenvalue weighted by molar-refractivity contribution is 5.79. The van der Waals surface area contributed by atoms with E-state index in [1.54, 1.807) is 0 Å². The van der Waals surface area contributed by atoms with Crippen LogP contribution in [0, 0.1) is 27.7 Å². The van der Waals surface area contributed by atoms with E-state index in [-0.39, 0.29) is 0 Å². The number of nitrogens with two attached hydrogens (primary N) is 1. The van der Waals surface area contributed by atoms with Gasteiger partial charge in [-0.1, -0.05) is 18.2 Å². The van der Waals surface area contributed by atoms with Gasteiger partial charge in [0.1, 0.15) is 12.6 Å². The van der Waals surface area contributed by atoms with Gasteiger partial charge in [0.2, 0.25) is 0 Å². The van der Waals surface area contributed by atoms with Gasteiger partial charge in [-0.05, 0) is 87.3 Å². The summed E-state index contributed by atoms with van der Waals surface area (Å²) in [4.78, 5) is 21.2. The van der Waals surface area contributed by atoms with Gasteiger partial charge in [-0.15, -0.1) is 0 Å². The Morgan fingerprint density at radius 3 is 2.33 bits per heavy atom. The average Bonchev–Trinajstić information content (AvgIpc) is 2.78. The van der Waals surface area contributed by atoms with Crippen LogP contribution in [0.3, 0.4) is 0 Å². The summed E-state index contributed by atoms with van der Waals surface area (Å²) in [6.45, 7) is 11.0. The summed E-state index contributed by atoms with van der Waals surface area (Å²) in [7, 11) is 1.93. The second-order valence-electron chi connectivity index (χ2n) is 7.94. The van der Waals surface area contributed by atoms with Crippen LogP contribution in [-0.4, -0.2) is 28.8 Å². The third-order valence-corrected chi connectivity index (χ3v) is 5.18. The summed E-state index contributed by atoms with van der Waals surface area (Å²) in [6, 6.07) is 16.7. The van der Waals surface area contributed by atoms with Crippen LogP contribution in [0.15, 0.2) is 54.7 Å². The smallest absolute Gasteiger partial charge is 0.123 e. The van der Waals surface area contributed by atoms with Crippen molar-refractivity contribution in [2.75, 3.05) is 12.8 Å². The molecule has 0 unspecified atom stereocenters. The lowest BCUT2D eigenvalue weighted by Crippen LogP contribution is -2.10. The number of rotatable bonds is 4. The van der Waals surface area contributed by atoms with Gasteiger partial charge in [0.15, 0.2) is 0 Å². The Bertz CT molecular complexity index is 1180. The molecule has 3 N–H and O–H groups in total. The summed E-state index contributed by atoms with van der Waals surface area (Å²) in [6.07, 6.45) is 2.72. The number of fused-ring (bicyclic) bond motifs is 1. The number of nitrogens with zero attached hydrogens (tertiary/aromatic N) is 3. The topological polar surface area (TPSA) is 93.8 Å². The minimum atomic E-state index is 0.602. The van der Waals surface area contributed by atoms with E-state index in [9.17, 15) is 0 Å². The first kappa shape index (κ1) is 25.6. The molecule has 0 fully saturated rings. The highest BCUT2D eigenvalue weighted by Gasteiger charge is 2.03. The molecule has 0 spiro atoms. The summed E-state index contributed by atoms with van der Waals surface area (Å²) in [5.41, 5.74) is 14.8. The number of pyridine rings is 3. The van der Waals surface area contributed by atoms with E-state index in [1.807, 2.05) is 52.1 Å². The summed E-state index contributed by atoms with van der Waals surface area (Å²) < 4.78 is 0. The van der Waals surface area contributed by atoms with E-state index in [0.717, 1.165) is 35.6 Å². The standard InChI is InChI=1S/C17H16N2.C9H15N3.CH2O/c1-12-7-8-18-16(9-12)10-14-4-6-15-5-3-13(2)19-17(15)11-14;1-6-4-9(10)12-7(2)8(6)5-11-3;1-2/h3-9,11H,10H2,1-2H3;4,11H,5H2,1-3H3,(H2,10,12);1H2. The molecule has 0 bridgehead atoms. The quantitative estimate of drug-likeness (QED) is 0.477. The number of anilines is 1. The van der Waals surface area contributed by atoms with Crippen molar-refractivity contribution in [1.82, 2.24) is 20.3 Å². The Morgan fingerprint density at radius 2 is 1.67 bits per heavy atom. The van der Waals surface area contributed by atoms with E-state index in [2.05, 4.69) is 64.4 Å². The van der Waals surface area contributed by atoms with Gasteiger partial charge < -0.3 is 15.8 Å². The molecule has 172 valence electrons. The van der Waals surface area contributed by atoms with Crippen molar-refractivity contribution in [2.24, 2.45) is 0 Å². The number of carbonyl (C=O) groups excluding carboxylic acids is 1. The Morgan fingerprint density at radius 1 is 0.939 bits per heavy atom. The molecule has 0 aliphatic heterocycles. The Kier molecular flexibility index (Phi) is 9.63. The highest BCUT2D eigenvalue weighted by Crippen LogP contribution is 2.17. The molecule has 33 heavy (non-hydrogen) atoms. The first-order chi connectivity index (χ1) is 15.9. The second kappa shape index (κ2) is 12.4. The van der Waals surface area contributed by atoms with E-state index < -0.39 is 0 Å². The van der Waals surface area contributed by atoms with Gasteiger partial charge in [-0.2, -0.15) is 0 Å². The molecule has 0 saturated carbocycles. The Labute approximate surface area is 196 Å². The van der Waals surface area contributed by atoms with Gasteiger partial charge in [-0.25, -0.2) is 4.98 Å². The molecular weight excluding hydrogens is 410 g/mol. The van der Waals surface area contributed by atoms with E-state index >= 15 is 0 Å². The summed E-state index contributed by atoms with van der Waals surface area (Å²) in [5.74, 6) is 0.602. The number of aryl methyl sites for hydroxylation is 4. The number of benzene rings is 1. The fraction of sp³-hybridized carbons (Fsp3) is 0.259. The van der Waals surface area contributed by atoms with E-state index in [4.69, 9.17) is 10.5 Å². The van der Waals surface area contributed by atoms with Crippen molar-refractivity contribution in [3.8, 4) is 0 Å². The fourth-order valence-corrected chi connectivity index (χ4v) is 3.61. The maximum Gasteiger partial charge on any atom is 0.123 e. The number of aromatic nitrogens is 3. The zero-order chi connectivity index (χ0) is 24.4. The molecule has 0 aliphatic carbocycles. The summed E-state index contributed by atoms with van der Waals surface area (Å²) >= 11 is 0. The van der Waals surface area contributed by atoms with Gasteiger partial charge in [0.05, 0.1) is 5.52 Å². The van der Waals surface area contributed by atoms with Crippen molar-refractivity contribution < 1.29 is 4.79 Å². The van der Waals surface area contributed by atoms with Crippen LogP contribution < -0.4 is 11.1 Å². The van der Waals surface area contributed by atoms with Crippen LogP contribution >= 0.6 is 0 Å². The van der Waals surface area contributed by atoms with E-state index in [1.165, 1.54) is 27.6 Å². The fourth-order valence-electron chi connectivity index (χ4n) is 3.61. The first-order valence-corrected chi connectivity index (χ1v) is 10.8. The normalized spacial score (nSPS) is 10.1. The number of nitrogens with one attached hydrogen (secondary N) is 1. The molecule has 0 radical (unpaired) electrons. The van der Waals surface area contributed by atoms with Gasteiger partial charge >= 0.3 is 0 Å². The molecule has 0 saturated heterocycles. The van der Waals surface area contributed by atoms with Gasteiger partial charge in [-0.3, -0.25) is 9.97 Å². The minimum Gasteiger partial charge on any atom is -0.384 e. The molecule has 1 aromatic carbocycles. The molecule has 6 nitrogen and oxygen atoms in total. The lowest BCUT2D eigenvalue weighted by Gasteiger charge is -2.08. The van der Waals surface area contributed by atoms with Crippen LogP contribution in [0.25, 0.3) is 10.9 Å². The molecule has 6 heteroatoms. The van der Waals surface area contributed by atoms with Crippen LogP contribution in [0.5, 0.6) is 0 Å². The first-order valence-electron chi connectivity index (χ1n) is 10.8. The maximum atomic E-state index is 8.00. The molecule has 3 aromatic heterocycles. The molecule has 0 aliphatic rings. The van der Waals surface area contributed by atoms with Gasteiger partial charge in [0.25, 0.3) is 0 Å². The predicted octanol–water partition coefficient (Wildman–Crippen LogP) is 4.65. The molecule has 4 rings (SSSR count). The molecule has 4 aromatic rings.